The van der Waals surface area contributed by atoms with Gasteiger partial charge in [-0.25, -0.2) is 0 Å². The summed E-state index contributed by atoms with van der Waals surface area (Å²) in [5.41, 5.74) is 0.820. The molecule has 2 heterocycles. The molecule has 4 heteroatoms. The molecule has 0 radical (unpaired) electrons. The van der Waals surface area contributed by atoms with E-state index in [1.807, 2.05) is 25.1 Å². The van der Waals surface area contributed by atoms with E-state index in [1.165, 1.54) is 0 Å². The number of pyridine rings is 1. The summed E-state index contributed by atoms with van der Waals surface area (Å²) in [6.07, 6.45) is 1.73. The lowest BCUT2D eigenvalue weighted by atomic mass is 10.2. The molecule has 0 saturated carbocycles. The molecule has 0 aliphatic carbocycles. The molecule has 1 amide bonds. The van der Waals surface area contributed by atoms with Crippen molar-refractivity contribution < 1.29 is 9.59 Å². The maximum Gasteiger partial charge on any atom is 0.231 e. The fourth-order valence-corrected chi connectivity index (χ4v) is 1.74. The van der Waals surface area contributed by atoms with Crippen molar-refractivity contribution in [2.24, 2.45) is 0 Å². The molecule has 1 saturated heterocycles. The second kappa shape index (κ2) is 3.81. The third-order valence-electron chi connectivity index (χ3n) is 2.60. The van der Waals surface area contributed by atoms with E-state index in [1.54, 1.807) is 11.1 Å². The second-order valence-electron chi connectivity index (χ2n) is 3.67. The molecule has 2 rings (SSSR count). The number of ketones is 1. The van der Waals surface area contributed by atoms with Crippen molar-refractivity contribution in [1.82, 2.24) is 9.88 Å². The zero-order chi connectivity index (χ0) is 10.8. The monoisotopic (exact) mass is 204 g/mol. The van der Waals surface area contributed by atoms with Crippen LogP contribution < -0.4 is 0 Å². The van der Waals surface area contributed by atoms with Crippen LogP contribution in [0, 0.1) is 0 Å². The van der Waals surface area contributed by atoms with Gasteiger partial charge in [0.25, 0.3) is 0 Å². The molecule has 0 N–H and O–H groups in total. The molecule has 1 aliphatic rings. The number of amides is 1. The first-order valence-electron chi connectivity index (χ1n) is 4.90. The number of nitrogens with zero attached hydrogens (tertiary/aromatic N) is 2. The lowest BCUT2D eigenvalue weighted by Crippen LogP contribution is -2.29. The highest BCUT2D eigenvalue weighted by molar-refractivity contribution is 6.05. The average Bonchev–Trinajstić information content (AvgIpc) is 2.58. The number of likely N-dealkylation sites (tertiary alicyclic amines) is 1. The van der Waals surface area contributed by atoms with Crippen LogP contribution in [0.4, 0.5) is 0 Å². The molecule has 1 atom stereocenters. The first-order valence-corrected chi connectivity index (χ1v) is 4.90. The molecule has 0 bridgehead atoms. The Labute approximate surface area is 87.9 Å². The molecular weight excluding hydrogens is 192 g/mol. The number of hydrogen-bond donors (Lipinski definition) is 0. The Hall–Kier alpha value is -1.71. The molecule has 1 aromatic rings. The van der Waals surface area contributed by atoms with Crippen LogP contribution in [-0.2, 0) is 9.59 Å². The third kappa shape index (κ3) is 1.88. The highest BCUT2D eigenvalue weighted by Gasteiger charge is 2.31. The van der Waals surface area contributed by atoms with Crippen LogP contribution >= 0.6 is 0 Å². The first-order chi connectivity index (χ1) is 7.18. The predicted octanol–water partition coefficient (Wildman–Crippen LogP) is 0.944. The maximum absolute atomic E-state index is 11.5. The summed E-state index contributed by atoms with van der Waals surface area (Å²) in [6, 6.07) is 5.44. The van der Waals surface area contributed by atoms with E-state index in [2.05, 4.69) is 4.98 Å². The van der Waals surface area contributed by atoms with Gasteiger partial charge in [-0.05, 0) is 19.1 Å². The second-order valence-corrected chi connectivity index (χ2v) is 3.67. The van der Waals surface area contributed by atoms with Crippen LogP contribution in [0.3, 0.4) is 0 Å². The Bertz CT molecular complexity index is 389. The lowest BCUT2D eigenvalue weighted by Gasteiger charge is -2.22. The van der Waals surface area contributed by atoms with Gasteiger partial charge in [0.2, 0.25) is 5.91 Å². The predicted molar refractivity (Wildman–Crippen MR) is 54.0 cm³/mol. The van der Waals surface area contributed by atoms with Crippen LogP contribution in [0.5, 0.6) is 0 Å². The van der Waals surface area contributed by atoms with E-state index in [9.17, 15) is 9.59 Å². The minimum atomic E-state index is -0.120. The van der Waals surface area contributed by atoms with Crippen molar-refractivity contribution >= 4 is 11.7 Å². The summed E-state index contributed by atoms with van der Waals surface area (Å²) in [7, 11) is 0. The van der Waals surface area contributed by atoms with Crippen molar-refractivity contribution in [3.05, 3.63) is 30.1 Å². The van der Waals surface area contributed by atoms with Crippen LogP contribution in [0.15, 0.2) is 24.4 Å². The van der Waals surface area contributed by atoms with Crippen LogP contribution in [0.2, 0.25) is 0 Å². The normalized spacial score (nSPS) is 18.3. The summed E-state index contributed by atoms with van der Waals surface area (Å²) >= 11 is 0. The highest BCUT2D eigenvalue weighted by Crippen LogP contribution is 2.22. The van der Waals surface area contributed by atoms with E-state index < -0.39 is 0 Å². The van der Waals surface area contributed by atoms with Gasteiger partial charge < -0.3 is 4.90 Å². The largest absolute Gasteiger partial charge is 0.327 e. The summed E-state index contributed by atoms with van der Waals surface area (Å²) in [6.45, 7) is 2.11. The van der Waals surface area contributed by atoms with Gasteiger partial charge >= 0.3 is 0 Å². The maximum atomic E-state index is 11.5. The van der Waals surface area contributed by atoms with Crippen molar-refractivity contribution in [2.45, 2.75) is 19.4 Å². The van der Waals surface area contributed by atoms with Crippen LogP contribution in [0.25, 0.3) is 0 Å². The van der Waals surface area contributed by atoms with Crippen molar-refractivity contribution in [1.29, 1.82) is 0 Å². The highest BCUT2D eigenvalue weighted by atomic mass is 16.2. The Morgan fingerprint density at radius 1 is 1.40 bits per heavy atom. The number of Topliss-reactive ketones (excluding diaryl/α,β-unsaturated/α-hetero) is 1. The van der Waals surface area contributed by atoms with E-state index in [0.717, 1.165) is 5.69 Å². The standard InChI is InChI=1S/C11H12N2O2/c1-8(10-4-2-3-5-12-10)13-7-9(14)6-11(13)15/h2-5,8H,6-7H2,1H3. The van der Waals surface area contributed by atoms with Gasteiger partial charge in [-0.15, -0.1) is 0 Å². The molecule has 0 spiro atoms. The van der Waals surface area contributed by atoms with E-state index >= 15 is 0 Å². The van der Waals surface area contributed by atoms with E-state index in [0.29, 0.717) is 0 Å². The van der Waals surface area contributed by atoms with E-state index in [4.69, 9.17) is 0 Å². The van der Waals surface area contributed by atoms with Gasteiger partial charge in [0, 0.05) is 6.20 Å². The zero-order valence-electron chi connectivity index (χ0n) is 8.51. The van der Waals surface area contributed by atoms with Gasteiger partial charge in [-0.2, -0.15) is 0 Å². The van der Waals surface area contributed by atoms with Gasteiger partial charge in [0.1, 0.15) is 0 Å². The van der Waals surface area contributed by atoms with Crippen LogP contribution in [0.1, 0.15) is 25.1 Å². The Kier molecular flexibility index (Phi) is 2.49. The van der Waals surface area contributed by atoms with E-state index in [-0.39, 0.29) is 30.7 Å². The third-order valence-corrected chi connectivity index (χ3v) is 2.60. The number of carbonyl (C=O) groups is 2. The SMILES string of the molecule is CC(c1ccccn1)N1CC(=O)CC1=O. The number of hydrogen-bond acceptors (Lipinski definition) is 3. The summed E-state index contributed by atoms with van der Waals surface area (Å²) in [4.78, 5) is 28.3. The zero-order valence-corrected chi connectivity index (χ0v) is 8.51. The quantitative estimate of drug-likeness (QED) is 0.674. The molecule has 1 aromatic heterocycles. The number of carbonyl (C=O) groups excluding carboxylic acids is 2. The lowest BCUT2D eigenvalue weighted by molar-refractivity contribution is -0.129. The number of aromatic nitrogens is 1. The summed E-state index contributed by atoms with van der Waals surface area (Å²) < 4.78 is 0. The van der Waals surface area contributed by atoms with Crippen LogP contribution in [-0.4, -0.2) is 28.1 Å². The van der Waals surface area contributed by atoms with Crippen molar-refractivity contribution in [2.75, 3.05) is 6.54 Å². The summed E-state index contributed by atoms with van der Waals surface area (Å²) in [5, 5.41) is 0. The fourth-order valence-electron chi connectivity index (χ4n) is 1.74. The Morgan fingerprint density at radius 2 is 2.20 bits per heavy atom. The van der Waals surface area contributed by atoms with Gasteiger partial charge in [0.05, 0.1) is 24.7 Å². The minimum absolute atomic E-state index is 0.0113. The molecule has 1 fully saturated rings. The first kappa shape index (κ1) is 9.83. The Balaban J connectivity index is 2.18. The Morgan fingerprint density at radius 3 is 2.73 bits per heavy atom. The fraction of sp³-hybridized carbons (Fsp3) is 0.364. The average molecular weight is 204 g/mol. The topological polar surface area (TPSA) is 50.3 Å². The smallest absolute Gasteiger partial charge is 0.231 e. The summed E-state index contributed by atoms with van der Waals surface area (Å²) in [5.74, 6) is -0.110. The molecule has 78 valence electrons. The van der Waals surface area contributed by atoms with Gasteiger partial charge in [-0.3, -0.25) is 14.6 Å². The molecule has 1 unspecified atom stereocenters. The minimum Gasteiger partial charge on any atom is -0.327 e. The molecular formula is C11H12N2O2. The van der Waals surface area contributed by atoms with Crippen molar-refractivity contribution in [3.63, 3.8) is 0 Å². The number of rotatable bonds is 2. The molecule has 15 heavy (non-hydrogen) atoms. The van der Waals surface area contributed by atoms with Crippen molar-refractivity contribution in [3.8, 4) is 0 Å². The molecule has 0 aromatic carbocycles. The van der Waals surface area contributed by atoms with Gasteiger partial charge in [-0.1, -0.05) is 6.07 Å². The van der Waals surface area contributed by atoms with Gasteiger partial charge in [0.15, 0.2) is 5.78 Å². The molecule has 1 aliphatic heterocycles. The molecule has 4 nitrogen and oxygen atoms in total.